The summed E-state index contributed by atoms with van der Waals surface area (Å²) in [6, 6.07) is 4.17. The minimum Gasteiger partial charge on any atom is -0.508 e. The molecule has 1 heterocycles. The van der Waals surface area contributed by atoms with Crippen LogP contribution in [0.15, 0.2) is 18.2 Å². The molecule has 2 nitrogen and oxygen atoms in total. The molecule has 0 atom stereocenters. The van der Waals surface area contributed by atoms with Crippen molar-refractivity contribution in [3.8, 4) is 11.5 Å². The first-order valence-electron chi connectivity index (χ1n) is 3.82. The number of halogens is 2. The molecule has 14 heavy (non-hydrogen) atoms. The average Bonchev–Trinajstić information content (AvgIpc) is 2.44. The van der Waals surface area contributed by atoms with Gasteiger partial charge in [0.25, 0.3) is 6.43 Å². The standard InChI is InChI=1S/C9H6F2O2S/c10-9(11)8-7(13)5-3-4(12)1-2-6(5)14-8/h1-3,9,12-13H. The highest BCUT2D eigenvalue weighted by Crippen LogP contribution is 2.43. The molecule has 2 rings (SSSR count). The van der Waals surface area contributed by atoms with Crippen LogP contribution in [0.25, 0.3) is 10.1 Å². The average molecular weight is 216 g/mol. The van der Waals surface area contributed by atoms with E-state index in [0.717, 1.165) is 11.3 Å². The highest BCUT2D eigenvalue weighted by atomic mass is 32.1. The van der Waals surface area contributed by atoms with Gasteiger partial charge in [-0.25, -0.2) is 8.78 Å². The summed E-state index contributed by atoms with van der Waals surface area (Å²) >= 11 is 0.830. The lowest BCUT2D eigenvalue weighted by molar-refractivity contribution is 0.152. The van der Waals surface area contributed by atoms with Crippen LogP contribution in [0, 0.1) is 0 Å². The van der Waals surface area contributed by atoms with Crippen LogP contribution >= 0.6 is 11.3 Å². The number of alkyl halides is 2. The Hall–Kier alpha value is -1.36. The van der Waals surface area contributed by atoms with Gasteiger partial charge in [-0.1, -0.05) is 0 Å². The van der Waals surface area contributed by atoms with Crippen molar-refractivity contribution >= 4 is 21.4 Å². The number of hydrogen-bond donors (Lipinski definition) is 2. The van der Waals surface area contributed by atoms with Gasteiger partial charge >= 0.3 is 0 Å². The van der Waals surface area contributed by atoms with Crippen LogP contribution < -0.4 is 0 Å². The maximum atomic E-state index is 12.4. The van der Waals surface area contributed by atoms with Crippen LogP contribution in [0.2, 0.25) is 0 Å². The van der Waals surface area contributed by atoms with Crippen molar-refractivity contribution in [2.24, 2.45) is 0 Å². The third-order valence-corrected chi connectivity index (χ3v) is 3.04. The summed E-state index contributed by atoms with van der Waals surface area (Å²) in [6.45, 7) is 0. The van der Waals surface area contributed by atoms with E-state index in [1.54, 1.807) is 0 Å². The number of aromatic hydroxyl groups is 2. The quantitative estimate of drug-likeness (QED) is 0.768. The van der Waals surface area contributed by atoms with Crippen LogP contribution in [-0.2, 0) is 0 Å². The molecule has 2 aromatic rings. The molecular weight excluding hydrogens is 210 g/mol. The van der Waals surface area contributed by atoms with Crippen molar-refractivity contribution in [3.63, 3.8) is 0 Å². The molecule has 0 aliphatic rings. The number of fused-ring (bicyclic) bond motifs is 1. The molecule has 0 spiro atoms. The number of rotatable bonds is 1. The van der Waals surface area contributed by atoms with E-state index >= 15 is 0 Å². The van der Waals surface area contributed by atoms with E-state index in [9.17, 15) is 13.9 Å². The Morgan fingerprint density at radius 3 is 2.57 bits per heavy atom. The predicted molar refractivity (Wildman–Crippen MR) is 50.1 cm³/mol. The van der Waals surface area contributed by atoms with Crippen molar-refractivity contribution in [1.29, 1.82) is 0 Å². The first-order valence-corrected chi connectivity index (χ1v) is 4.64. The highest BCUT2D eigenvalue weighted by molar-refractivity contribution is 7.19. The lowest BCUT2D eigenvalue weighted by atomic mass is 10.2. The van der Waals surface area contributed by atoms with Gasteiger partial charge in [0.1, 0.15) is 16.4 Å². The SMILES string of the molecule is Oc1ccc2sc(C(F)F)c(O)c2c1. The van der Waals surface area contributed by atoms with Crippen molar-refractivity contribution in [3.05, 3.63) is 23.1 Å². The number of benzene rings is 1. The normalized spacial score (nSPS) is 11.4. The second-order valence-electron chi connectivity index (χ2n) is 2.80. The van der Waals surface area contributed by atoms with Gasteiger partial charge in [-0.15, -0.1) is 11.3 Å². The molecule has 0 fully saturated rings. The van der Waals surface area contributed by atoms with Crippen molar-refractivity contribution in [2.45, 2.75) is 6.43 Å². The van der Waals surface area contributed by atoms with Gasteiger partial charge in [0, 0.05) is 10.1 Å². The van der Waals surface area contributed by atoms with E-state index in [4.69, 9.17) is 5.11 Å². The molecule has 5 heteroatoms. The van der Waals surface area contributed by atoms with Crippen LogP contribution in [-0.4, -0.2) is 10.2 Å². The van der Waals surface area contributed by atoms with Gasteiger partial charge in [0.15, 0.2) is 0 Å². The molecule has 0 bridgehead atoms. The summed E-state index contributed by atoms with van der Waals surface area (Å²) in [5.41, 5.74) is 0. The fraction of sp³-hybridized carbons (Fsp3) is 0.111. The monoisotopic (exact) mass is 216 g/mol. The predicted octanol–water partition coefficient (Wildman–Crippen LogP) is 3.25. The number of phenolic OH excluding ortho intramolecular Hbond substituents is 1. The van der Waals surface area contributed by atoms with Gasteiger partial charge in [0.05, 0.1) is 0 Å². The fourth-order valence-electron chi connectivity index (χ4n) is 1.24. The van der Waals surface area contributed by atoms with Crippen LogP contribution in [0.1, 0.15) is 11.3 Å². The molecule has 0 aliphatic heterocycles. The number of hydrogen-bond acceptors (Lipinski definition) is 3. The zero-order chi connectivity index (χ0) is 10.3. The first-order chi connectivity index (χ1) is 6.59. The Kier molecular flexibility index (Phi) is 2.03. The summed E-state index contributed by atoms with van der Waals surface area (Å²) in [5, 5.41) is 18.8. The Morgan fingerprint density at radius 1 is 1.21 bits per heavy atom. The maximum absolute atomic E-state index is 12.4. The summed E-state index contributed by atoms with van der Waals surface area (Å²) in [7, 11) is 0. The highest BCUT2D eigenvalue weighted by Gasteiger charge is 2.19. The van der Waals surface area contributed by atoms with E-state index in [0.29, 0.717) is 4.70 Å². The van der Waals surface area contributed by atoms with Gasteiger partial charge in [-0.3, -0.25) is 0 Å². The third kappa shape index (κ3) is 1.29. The second-order valence-corrected chi connectivity index (χ2v) is 3.88. The van der Waals surface area contributed by atoms with E-state index < -0.39 is 12.2 Å². The lowest BCUT2D eigenvalue weighted by Crippen LogP contribution is -1.75. The molecule has 74 valence electrons. The topological polar surface area (TPSA) is 40.5 Å². The molecule has 1 aromatic carbocycles. The van der Waals surface area contributed by atoms with Crippen molar-refractivity contribution in [2.75, 3.05) is 0 Å². The summed E-state index contributed by atoms with van der Waals surface area (Å²) in [4.78, 5) is -0.356. The van der Waals surface area contributed by atoms with Gasteiger partial charge < -0.3 is 10.2 Å². The maximum Gasteiger partial charge on any atom is 0.276 e. The molecule has 0 saturated carbocycles. The molecule has 0 radical (unpaired) electrons. The van der Waals surface area contributed by atoms with E-state index in [1.807, 2.05) is 0 Å². The summed E-state index contributed by atoms with van der Waals surface area (Å²) in [5.74, 6) is -0.484. The Labute approximate surface area is 82.0 Å². The Balaban J connectivity index is 2.74. The molecule has 2 N–H and O–H groups in total. The molecule has 0 aliphatic carbocycles. The molecule has 0 amide bonds. The van der Waals surface area contributed by atoms with Crippen LogP contribution in [0.3, 0.4) is 0 Å². The lowest BCUT2D eigenvalue weighted by Gasteiger charge is -1.94. The number of thiophene rings is 1. The Bertz CT molecular complexity index is 479. The largest absolute Gasteiger partial charge is 0.508 e. The molecule has 0 unspecified atom stereocenters. The van der Waals surface area contributed by atoms with E-state index in [-0.39, 0.29) is 16.0 Å². The fourth-order valence-corrected chi connectivity index (χ4v) is 2.17. The minimum absolute atomic E-state index is 0.0496. The molecule has 1 aromatic heterocycles. The zero-order valence-electron chi connectivity index (χ0n) is 6.87. The second kappa shape index (κ2) is 3.09. The van der Waals surface area contributed by atoms with Crippen molar-refractivity contribution < 1.29 is 19.0 Å². The minimum atomic E-state index is -2.69. The van der Waals surface area contributed by atoms with Crippen LogP contribution in [0.4, 0.5) is 8.78 Å². The molecule has 0 saturated heterocycles. The van der Waals surface area contributed by atoms with Gasteiger partial charge in [-0.2, -0.15) is 0 Å². The van der Waals surface area contributed by atoms with Gasteiger partial charge in [-0.05, 0) is 18.2 Å². The first kappa shape index (κ1) is 9.21. The van der Waals surface area contributed by atoms with Crippen molar-refractivity contribution in [1.82, 2.24) is 0 Å². The smallest absolute Gasteiger partial charge is 0.276 e. The van der Waals surface area contributed by atoms with Gasteiger partial charge in [0.2, 0.25) is 0 Å². The summed E-state index contributed by atoms with van der Waals surface area (Å²) in [6.07, 6.45) is -2.69. The third-order valence-electron chi connectivity index (χ3n) is 1.87. The summed E-state index contributed by atoms with van der Waals surface area (Å²) < 4.78 is 25.2. The van der Waals surface area contributed by atoms with Crippen LogP contribution in [0.5, 0.6) is 11.5 Å². The number of phenols is 1. The van der Waals surface area contributed by atoms with E-state index in [2.05, 4.69) is 0 Å². The van der Waals surface area contributed by atoms with E-state index in [1.165, 1.54) is 18.2 Å². The Morgan fingerprint density at radius 2 is 1.93 bits per heavy atom. The molecular formula is C9H6F2O2S. The zero-order valence-corrected chi connectivity index (χ0v) is 7.68.